The average Bonchev–Trinajstić information content (AvgIpc) is 2.88. The Kier molecular flexibility index (Phi) is 3.92. The minimum atomic E-state index is 0.629. The van der Waals surface area contributed by atoms with Gasteiger partial charge < -0.3 is 0 Å². The van der Waals surface area contributed by atoms with E-state index in [4.69, 9.17) is 12.2 Å². The minimum absolute atomic E-state index is 0.629. The molecule has 2 aromatic heterocycles. The first-order valence-electron chi connectivity index (χ1n) is 6.87. The van der Waals surface area contributed by atoms with Gasteiger partial charge in [0, 0.05) is 12.7 Å². The van der Waals surface area contributed by atoms with E-state index in [9.17, 15) is 0 Å². The Labute approximate surface area is 128 Å². The van der Waals surface area contributed by atoms with Crippen molar-refractivity contribution >= 4 is 12.2 Å². The third-order valence-electron chi connectivity index (χ3n) is 3.52. The van der Waals surface area contributed by atoms with Crippen LogP contribution in [-0.2, 0) is 13.0 Å². The Hall–Kier alpha value is -2.27. The molecule has 4 nitrogen and oxygen atoms in total. The van der Waals surface area contributed by atoms with Gasteiger partial charge in [-0.3, -0.25) is 14.6 Å². The van der Waals surface area contributed by atoms with Gasteiger partial charge in [-0.05, 0) is 48.8 Å². The zero-order valence-corrected chi connectivity index (χ0v) is 12.6. The van der Waals surface area contributed by atoms with Crippen LogP contribution in [0.25, 0.3) is 11.5 Å². The Morgan fingerprint density at radius 1 is 1.14 bits per heavy atom. The first kappa shape index (κ1) is 13.7. The number of nitrogens with zero attached hydrogens (tertiary/aromatic N) is 3. The van der Waals surface area contributed by atoms with Gasteiger partial charge >= 0.3 is 0 Å². The molecule has 1 N–H and O–H groups in total. The van der Waals surface area contributed by atoms with E-state index < -0.39 is 0 Å². The van der Waals surface area contributed by atoms with E-state index in [0.29, 0.717) is 4.77 Å². The van der Waals surface area contributed by atoms with E-state index in [1.54, 1.807) is 6.20 Å². The summed E-state index contributed by atoms with van der Waals surface area (Å²) in [5.41, 5.74) is 3.45. The van der Waals surface area contributed by atoms with Gasteiger partial charge in [0.05, 0.1) is 0 Å². The Morgan fingerprint density at radius 3 is 2.71 bits per heavy atom. The molecule has 0 fully saturated rings. The van der Waals surface area contributed by atoms with E-state index in [1.165, 1.54) is 11.1 Å². The van der Waals surface area contributed by atoms with Gasteiger partial charge in [0.15, 0.2) is 10.6 Å². The first-order chi connectivity index (χ1) is 10.3. The predicted octanol–water partition coefficient (Wildman–Crippen LogP) is 3.55. The summed E-state index contributed by atoms with van der Waals surface area (Å²) in [5.74, 6) is 0.786. The van der Waals surface area contributed by atoms with Crippen LogP contribution >= 0.6 is 12.2 Å². The summed E-state index contributed by atoms with van der Waals surface area (Å²) in [4.78, 5) is 4.35. The molecular weight excluding hydrogens is 280 g/mol. The molecule has 0 aliphatic carbocycles. The lowest BCUT2D eigenvalue weighted by Gasteiger charge is -2.08. The highest BCUT2D eigenvalue weighted by atomic mass is 32.1. The third kappa shape index (κ3) is 2.92. The molecule has 5 heteroatoms. The second kappa shape index (κ2) is 6.01. The second-order valence-electron chi connectivity index (χ2n) is 4.90. The second-order valence-corrected chi connectivity index (χ2v) is 5.28. The predicted molar refractivity (Wildman–Crippen MR) is 85.5 cm³/mol. The monoisotopic (exact) mass is 296 g/mol. The summed E-state index contributed by atoms with van der Waals surface area (Å²) in [6.45, 7) is 2.91. The van der Waals surface area contributed by atoms with Gasteiger partial charge in [-0.2, -0.15) is 5.10 Å². The van der Waals surface area contributed by atoms with E-state index in [1.807, 2.05) is 22.8 Å². The first-order valence-corrected chi connectivity index (χ1v) is 7.27. The minimum Gasteiger partial charge on any atom is -0.299 e. The maximum absolute atomic E-state index is 5.34. The van der Waals surface area contributed by atoms with Crippen molar-refractivity contribution in [2.45, 2.75) is 19.9 Å². The lowest BCUT2D eigenvalue weighted by atomic mass is 10.1. The number of benzene rings is 1. The molecule has 0 saturated heterocycles. The molecule has 106 valence electrons. The van der Waals surface area contributed by atoms with E-state index in [-0.39, 0.29) is 0 Å². The summed E-state index contributed by atoms with van der Waals surface area (Å²) in [6, 6.07) is 14.2. The SMILES string of the molecule is Cc1ccccc1CCn1c(-c2ccccn2)n[nH]c1=S. The molecule has 1 aromatic carbocycles. The number of nitrogens with one attached hydrogen (secondary N) is 1. The summed E-state index contributed by atoms with van der Waals surface area (Å²) < 4.78 is 2.63. The topological polar surface area (TPSA) is 46.5 Å². The Bertz CT molecular complexity index is 789. The van der Waals surface area contributed by atoms with Crippen molar-refractivity contribution in [3.05, 3.63) is 64.6 Å². The number of hydrogen-bond donors (Lipinski definition) is 1. The van der Waals surface area contributed by atoms with Crippen molar-refractivity contribution < 1.29 is 0 Å². The normalized spacial score (nSPS) is 10.7. The van der Waals surface area contributed by atoms with Gasteiger partial charge in [0.2, 0.25) is 0 Å². The quantitative estimate of drug-likeness (QED) is 0.749. The number of aromatic nitrogens is 4. The molecule has 0 bridgehead atoms. The van der Waals surface area contributed by atoms with Crippen LogP contribution in [0.2, 0.25) is 0 Å². The van der Waals surface area contributed by atoms with E-state index >= 15 is 0 Å². The summed E-state index contributed by atoms with van der Waals surface area (Å²) in [7, 11) is 0. The van der Waals surface area contributed by atoms with Crippen LogP contribution in [0.1, 0.15) is 11.1 Å². The number of aryl methyl sites for hydroxylation is 2. The van der Waals surface area contributed by atoms with Crippen LogP contribution in [0.15, 0.2) is 48.7 Å². The molecule has 0 radical (unpaired) electrons. The summed E-state index contributed by atoms with van der Waals surface area (Å²) >= 11 is 5.34. The van der Waals surface area contributed by atoms with E-state index in [2.05, 4.69) is 46.4 Å². The highest BCUT2D eigenvalue weighted by Crippen LogP contribution is 2.16. The van der Waals surface area contributed by atoms with Crippen molar-refractivity contribution in [2.24, 2.45) is 0 Å². The summed E-state index contributed by atoms with van der Waals surface area (Å²) in [5, 5.41) is 7.17. The van der Waals surface area contributed by atoms with Gasteiger partial charge in [0.25, 0.3) is 0 Å². The average molecular weight is 296 g/mol. The molecule has 0 aliphatic rings. The Balaban J connectivity index is 1.88. The Morgan fingerprint density at radius 2 is 1.95 bits per heavy atom. The lowest BCUT2D eigenvalue weighted by molar-refractivity contribution is 0.688. The molecule has 0 spiro atoms. The van der Waals surface area contributed by atoms with Crippen molar-refractivity contribution in [1.82, 2.24) is 19.7 Å². The van der Waals surface area contributed by atoms with Crippen LogP contribution in [0.4, 0.5) is 0 Å². The van der Waals surface area contributed by atoms with Gasteiger partial charge in [-0.15, -0.1) is 0 Å². The van der Waals surface area contributed by atoms with Crippen LogP contribution in [0, 0.1) is 11.7 Å². The maximum atomic E-state index is 5.34. The van der Waals surface area contributed by atoms with Gasteiger partial charge in [-0.25, -0.2) is 0 Å². The number of pyridine rings is 1. The molecule has 2 heterocycles. The fraction of sp³-hybridized carbons (Fsp3) is 0.188. The van der Waals surface area contributed by atoms with Crippen molar-refractivity contribution in [3.63, 3.8) is 0 Å². The maximum Gasteiger partial charge on any atom is 0.195 e. The molecule has 0 amide bonds. The molecule has 3 rings (SSSR count). The van der Waals surface area contributed by atoms with Gasteiger partial charge in [0.1, 0.15) is 5.69 Å². The number of H-pyrrole nitrogens is 1. The highest BCUT2D eigenvalue weighted by molar-refractivity contribution is 7.71. The number of hydrogen-bond acceptors (Lipinski definition) is 3. The lowest BCUT2D eigenvalue weighted by Crippen LogP contribution is -2.05. The third-order valence-corrected chi connectivity index (χ3v) is 3.83. The zero-order chi connectivity index (χ0) is 14.7. The fourth-order valence-corrected chi connectivity index (χ4v) is 2.56. The zero-order valence-electron chi connectivity index (χ0n) is 11.8. The number of aromatic amines is 1. The molecule has 3 aromatic rings. The molecule has 0 saturated carbocycles. The molecule has 21 heavy (non-hydrogen) atoms. The smallest absolute Gasteiger partial charge is 0.195 e. The molecule has 0 aliphatic heterocycles. The van der Waals surface area contributed by atoms with Crippen LogP contribution in [0.5, 0.6) is 0 Å². The molecule has 0 unspecified atom stereocenters. The van der Waals surface area contributed by atoms with Crippen molar-refractivity contribution in [1.29, 1.82) is 0 Å². The largest absolute Gasteiger partial charge is 0.299 e. The summed E-state index contributed by atoms with van der Waals surface area (Å²) in [6.07, 6.45) is 2.68. The number of rotatable bonds is 4. The molecule has 0 atom stereocenters. The van der Waals surface area contributed by atoms with Crippen molar-refractivity contribution in [3.8, 4) is 11.5 Å². The van der Waals surface area contributed by atoms with Crippen LogP contribution in [-0.4, -0.2) is 19.7 Å². The van der Waals surface area contributed by atoms with E-state index in [0.717, 1.165) is 24.5 Å². The fourth-order valence-electron chi connectivity index (χ4n) is 2.34. The highest BCUT2D eigenvalue weighted by Gasteiger charge is 2.10. The van der Waals surface area contributed by atoms with Gasteiger partial charge in [-0.1, -0.05) is 30.3 Å². The van der Waals surface area contributed by atoms with Crippen LogP contribution < -0.4 is 0 Å². The molecular formula is C16H16N4S. The van der Waals surface area contributed by atoms with Crippen molar-refractivity contribution in [2.75, 3.05) is 0 Å². The standard InChI is InChI=1S/C16H16N4S/c1-12-6-2-3-7-13(12)9-11-20-15(18-19-16(20)21)14-8-4-5-10-17-14/h2-8,10H,9,11H2,1H3,(H,19,21). The van der Waals surface area contributed by atoms with Crippen LogP contribution in [0.3, 0.4) is 0 Å².